The Morgan fingerprint density at radius 3 is 2.52 bits per heavy atom. The monoisotopic (exact) mass is 442 g/mol. The van der Waals surface area contributed by atoms with Crippen molar-refractivity contribution in [2.24, 2.45) is 0 Å². The minimum absolute atomic E-state index is 0.0156. The first-order chi connectivity index (χ1) is 16.0. The van der Waals surface area contributed by atoms with Gasteiger partial charge in [0, 0.05) is 42.0 Å². The van der Waals surface area contributed by atoms with Gasteiger partial charge in [0.05, 0.1) is 0 Å². The van der Waals surface area contributed by atoms with Crippen molar-refractivity contribution in [1.29, 1.82) is 0 Å². The Hall–Kier alpha value is -3.40. The van der Waals surface area contributed by atoms with Crippen molar-refractivity contribution in [2.45, 2.75) is 51.6 Å². The van der Waals surface area contributed by atoms with Gasteiger partial charge in [0.15, 0.2) is 0 Å². The second-order valence-electron chi connectivity index (χ2n) is 8.69. The molecule has 0 fully saturated rings. The molecule has 0 saturated carbocycles. The molecular weight excluding hydrogens is 411 g/mol. The van der Waals surface area contributed by atoms with E-state index in [2.05, 4.69) is 47.3 Å². The number of carbonyl (C=O) groups is 1. The van der Waals surface area contributed by atoms with E-state index in [1.165, 1.54) is 11.6 Å². The Balaban J connectivity index is 1.56. The fourth-order valence-electron chi connectivity index (χ4n) is 4.56. The van der Waals surface area contributed by atoms with Gasteiger partial charge in [-0.2, -0.15) is 0 Å². The third-order valence-electron chi connectivity index (χ3n) is 6.29. The van der Waals surface area contributed by atoms with Gasteiger partial charge in [0.1, 0.15) is 5.82 Å². The Kier molecular flexibility index (Phi) is 7.23. The van der Waals surface area contributed by atoms with E-state index in [0.29, 0.717) is 0 Å². The van der Waals surface area contributed by atoms with E-state index in [1.807, 2.05) is 43.3 Å². The molecule has 4 heteroatoms. The summed E-state index contributed by atoms with van der Waals surface area (Å²) in [6, 6.07) is 25.2. The number of nitrogens with zero attached hydrogens (tertiary/aromatic N) is 1. The predicted octanol–water partition coefficient (Wildman–Crippen LogP) is 6.46. The Morgan fingerprint density at radius 2 is 1.76 bits per heavy atom. The number of halogens is 1. The van der Waals surface area contributed by atoms with E-state index in [4.69, 9.17) is 0 Å². The smallest absolute Gasteiger partial charge is 0.221 e. The van der Waals surface area contributed by atoms with Crippen LogP contribution in [0.1, 0.15) is 49.3 Å². The summed E-state index contributed by atoms with van der Waals surface area (Å²) in [6.45, 7) is 4.98. The third kappa shape index (κ3) is 5.51. The lowest BCUT2D eigenvalue weighted by molar-refractivity contribution is -0.121. The molecule has 0 aliphatic rings. The maximum absolute atomic E-state index is 14.1. The molecule has 0 unspecified atom stereocenters. The Morgan fingerprint density at radius 1 is 1.00 bits per heavy atom. The zero-order valence-electron chi connectivity index (χ0n) is 19.3. The van der Waals surface area contributed by atoms with Gasteiger partial charge in [-0.3, -0.25) is 4.79 Å². The molecule has 4 aromatic rings. The first kappa shape index (κ1) is 22.8. The standard InChI is InChI=1S/C29H31FN2O/c1-3-32-20-27(25-14-7-8-15-28(25)32)26(23-12-9-13-24(30)18-23)19-29(33)31-21(2)16-17-22-10-5-4-6-11-22/h4-15,18,20-21,26H,3,16-17,19H2,1-2H3,(H,31,33)/t21-,26+/m0/s1. The van der Waals surface area contributed by atoms with Crippen molar-refractivity contribution < 1.29 is 9.18 Å². The summed E-state index contributed by atoms with van der Waals surface area (Å²) >= 11 is 0. The molecule has 0 aliphatic carbocycles. The van der Waals surface area contributed by atoms with Crippen molar-refractivity contribution in [3.05, 3.63) is 108 Å². The van der Waals surface area contributed by atoms with Crippen molar-refractivity contribution in [2.75, 3.05) is 0 Å². The van der Waals surface area contributed by atoms with Crippen LogP contribution < -0.4 is 5.32 Å². The van der Waals surface area contributed by atoms with E-state index in [0.717, 1.165) is 41.4 Å². The number of rotatable bonds is 9. The largest absolute Gasteiger partial charge is 0.354 e. The minimum atomic E-state index is -0.284. The van der Waals surface area contributed by atoms with Crippen molar-refractivity contribution in [1.82, 2.24) is 9.88 Å². The molecule has 0 aliphatic heterocycles. The van der Waals surface area contributed by atoms with Gasteiger partial charge in [-0.15, -0.1) is 0 Å². The minimum Gasteiger partial charge on any atom is -0.354 e. The van der Waals surface area contributed by atoms with Gasteiger partial charge < -0.3 is 9.88 Å². The van der Waals surface area contributed by atoms with Crippen LogP contribution in [0.3, 0.4) is 0 Å². The lowest BCUT2D eigenvalue weighted by atomic mass is 9.88. The first-order valence-electron chi connectivity index (χ1n) is 11.7. The molecule has 0 bridgehead atoms. The molecule has 170 valence electrons. The number of nitrogens with one attached hydrogen (secondary N) is 1. The molecule has 0 radical (unpaired) electrons. The number of hydrogen-bond acceptors (Lipinski definition) is 1. The maximum atomic E-state index is 14.1. The molecule has 0 saturated heterocycles. The third-order valence-corrected chi connectivity index (χ3v) is 6.29. The quantitative estimate of drug-likeness (QED) is 0.317. The van der Waals surface area contributed by atoms with E-state index < -0.39 is 0 Å². The second kappa shape index (κ2) is 10.5. The molecule has 0 spiro atoms. The van der Waals surface area contributed by atoms with Gasteiger partial charge in [0.25, 0.3) is 0 Å². The van der Waals surface area contributed by atoms with Gasteiger partial charge in [-0.05, 0) is 61.6 Å². The molecule has 2 atom stereocenters. The highest BCUT2D eigenvalue weighted by Crippen LogP contribution is 2.35. The summed E-state index contributed by atoms with van der Waals surface area (Å²) in [6.07, 6.45) is 4.18. The number of aryl methyl sites for hydroxylation is 2. The highest BCUT2D eigenvalue weighted by atomic mass is 19.1. The molecule has 33 heavy (non-hydrogen) atoms. The van der Waals surface area contributed by atoms with Crippen LogP contribution in [-0.2, 0) is 17.8 Å². The summed E-state index contributed by atoms with van der Waals surface area (Å²) < 4.78 is 16.3. The van der Waals surface area contributed by atoms with Crippen molar-refractivity contribution in [3.8, 4) is 0 Å². The maximum Gasteiger partial charge on any atom is 0.221 e. The average Bonchev–Trinajstić information content (AvgIpc) is 3.20. The van der Waals surface area contributed by atoms with Gasteiger partial charge in [-0.1, -0.05) is 60.7 Å². The number of amides is 1. The summed E-state index contributed by atoms with van der Waals surface area (Å²) in [5, 5.41) is 4.27. The SMILES string of the molecule is CCn1cc([C@H](CC(=O)N[C@@H](C)CCc2ccccc2)c2cccc(F)c2)c2ccccc21. The summed E-state index contributed by atoms with van der Waals surface area (Å²) in [5.74, 6) is -0.522. The predicted molar refractivity (Wildman–Crippen MR) is 133 cm³/mol. The van der Waals surface area contributed by atoms with E-state index in [1.54, 1.807) is 12.1 Å². The zero-order chi connectivity index (χ0) is 23.2. The Bertz CT molecular complexity index is 1210. The number of fused-ring (bicyclic) bond motifs is 1. The molecule has 1 aromatic heterocycles. The number of carbonyl (C=O) groups excluding carboxylic acids is 1. The average molecular weight is 443 g/mol. The van der Waals surface area contributed by atoms with Crippen LogP contribution >= 0.6 is 0 Å². The molecule has 3 nitrogen and oxygen atoms in total. The summed E-state index contributed by atoms with van der Waals surface area (Å²) in [5.41, 5.74) is 4.28. The molecule has 1 N–H and O–H groups in total. The van der Waals surface area contributed by atoms with Crippen LogP contribution in [0.5, 0.6) is 0 Å². The lowest BCUT2D eigenvalue weighted by Crippen LogP contribution is -2.33. The van der Waals surface area contributed by atoms with Gasteiger partial charge in [0.2, 0.25) is 5.91 Å². The van der Waals surface area contributed by atoms with E-state index >= 15 is 0 Å². The first-order valence-corrected chi connectivity index (χ1v) is 11.7. The van der Waals surface area contributed by atoms with E-state index in [9.17, 15) is 9.18 Å². The summed E-state index contributed by atoms with van der Waals surface area (Å²) in [4.78, 5) is 13.1. The van der Waals surface area contributed by atoms with Gasteiger partial charge in [-0.25, -0.2) is 4.39 Å². The molecule has 1 amide bonds. The van der Waals surface area contributed by atoms with Crippen LogP contribution in [-0.4, -0.2) is 16.5 Å². The van der Waals surface area contributed by atoms with Crippen LogP contribution in [0.2, 0.25) is 0 Å². The molecule has 4 rings (SSSR count). The molecular formula is C29H31FN2O. The fourth-order valence-corrected chi connectivity index (χ4v) is 4.56. The van der Waals surface area contributed by atoms with E-state index in [-0.39, 0.29) is 30.1 Å². The van der Waals surface area contributed by atoms with Crippen LogP contribution in [0.4, 0.5) is 4.39 Å². The van der Waals surface area contributed by atoms with Crippen molar-refractivity contribution >= 4 is 16.8 Å². The summed E-state index contributed by atoms with van der Waals surface area (Å²) in [7, 11) is 0. The second-order valence-corrected chi connectivity index (χ2v) is 8.69. The topological polar surface area (TPSA) is 34.0 Å². The highest BCUT2D eigenvalue weighted by Gasteiger charge is 2.23. The lowest BCUT2D eigenvalue weighted by Gasteiger charge is -2.20. The normalized spacial score (nSPS) is 13.1. The highest BCUT2D eigenvalue weighted by molar-refractivity contribution is 5.86. The zero-order valence-corrected chi connectivity index (χ0v) is 19.3. The number of aromatic nitrogens is 1. The van der Waals surface area contributed by atoms with Crippen LogP contribution in [0.15, 0.2) is 85.1 Å². The molecule has 3 aromatic carbocycles. The van der Waals surface area contributed by atoms with Gasteiger partial charge >= 0.3 is 0 Å². The van der Waals surface area contributed by atoms with Crippen LogP contribution in [0, 0.1) is 5.82 Å². The van der Waals surface area contributed by atoms with Crippen molar-refractivity contribution in [3.63, 3.8) is 0 Å². The Labute approximate surface area is 195 Å². The number of para-hydroxylation sites is 1. The fraction of sp³-hybridized carbons (Fsp3) is 0.276. The number of hydrogen-bond donors (Lipinski definition) is 1. The van der Waals surface area contributed by atoms with Crippen LogP contribution in [0.25, 0.3) is 10.9 Å². The number of benzene rings is 3. The molecule has 1 heterocycles.